The number of nitriles is 1. The Hall–Kier alpha value is -3.07. The summed E-state index contributed by atoms with van der Waals surface area (Å²) in [6, 6.07) is 13.6. The lowest BCUT2D eigenvalue weighted by Gasteiger charge is -2.20. The fourth-order valence-corrected chi connectivity index (χ4v) is 3.04. The number of anilines is 2. The summed E-state index contributed by atoms with van der Waals surface area (Å²) in [5, 5.41) is 14.8. The van der Waals surface area contributed by atoms with Crippen molar-refractivity contribution in [2.24, 2.45) is 0 Å². The van der Waals surface area contributed by atoms with Crippen molar-refractivity contribution in [2.45, 2.75) is 19.4 Å². The van der Waals surface area contributed by atoms with Gasteiger partial charge in [0.1, 0.15) is 5.82 Å². The maximum Gasteiger partial charge on any atom is 0.319 e. The van der Waals surface area contributed by atoms with Crippen LogP contribution < -0.4 is 15.5 Å². The smallest absolute Gasteiger partial charge is 0.319 e. The van der Waals surface area contributed by atoms with E-state index in [4.69, 9.17) is 5.26 Å². The molecule has 1 aliphatic rings. The van der Waals surface area contributed by atoms with Crippen LogP contribution in [0.2, 0.25) is 0 Å². The summed E-state index contributed by atoms with van der Waals surface area (Å²) < 4.78 is 13.9. The number of carbonyl (C=O) groups excluding carboxylic acids is 1. The molecule has 5 nitrogen and oxygen atoms in total. The molecule has 1 aliphatic heterocycles. The maximum atomic E-state index is 13.9. The van der Waals surface area contributed by atoms with Crippen LogP contribution >= 0.6 is 0 Å². The Balaban J connectivity index is 1.60. The van der Waals surface area contributed by atoms with E-state index in [-0.39, 0.29) is 17.9 Å². The van der Waals surface area contributed by atoms with Crippen LogP contribution in [-0.2, 0) is 0 Å². The zero-order valence-electron chi connectivity index (χ0n) is 13.9. The minimum absolute atomic E-state index is 0.0564. The standard InChI is InChI=1S/C19H19FN4O/c1-13-14(11-21)5-4-7-17(13)23-19(25)22-15-9-10-24(12-15)18-8-3-2-6-16(18)20/h2-8,15H,9-10,12H2,1H3,(H2,22,23,25). The summed E-state index contributed by atoms with van der Waals surface area (Å²) in [7, 11) is 0. The molecule has 1 fully saturated rings. The molecule has 1 atom stereocenters. The zero-order chi connectivity index (χ0) is 17.8. The molecule has 3 rings (SSSR count). The summed E-state index contributed by atoms with van der Waals surface area (Å²) >= 11 is 0. The lowest BCUT2D eigenvalue weighted by molar-refractivity contribution is 0.249. The first-order valence-corrected chi connectivity index (χ1v) is 8.15. The molecule has 6 heteroatoms. The molecule has 1 unspecified atom stereocenters. The highest BCUT2D eigenvalue weighted by atomic mass is 19.1. The third kappa shape index (κ3) is 3.72. The minimum Gasteiger partial charge on any atom is -0.367 e. The number of nitrogens with zero attached hydrogens (tertiary/aromatic N) is 2. The Labute approximate surface area is 146 Å². The number of nitrogens with one attached hydrogen (secondary N) is 2. The van der Waals surface area contributed by atoms with Gasteiger partial charge in [-0.05, 0) is 43.2 Å². The summed E-state index contributed by atoms with van der Waals surface area (Å²) in [6.45, 7) is 3.05. The van der Waals surface area contributed by atoms with E-state index in [1.54, 1.807) is 43.3 Å². The van der Waals surface area contributed by atoms with Gasteiger partial charge in [-0.15, -0.1) is 0 Å². The van der Waals surface area contributed by atoms with Gasteiger partial charge in [0.15, 0.2) is 0 Å². The van der Waals surface area contributed by atoms with Crippen LogP contribution in [0.25, 0.3) is 0 Å². The molecule has 1 heterocycles. The van der Waals surface area contributed by atoms with E-state index in [1.165, 1.54) is 6.07 Å². The number of benzene rings is 2. The normalized spacial score (nSPS) is 16.4. The van der Waals surface area contributed by atoms with Gasteiger partial charge in [0, 0.05) is 24.8 Å². The molecule has 0 aromatic heterocycles. The van der Waals surface area contributed by atoms with Crippen molar-refractivity contribution < 1.29 is 9.18 Å². The number of rotatable bonds is 3. The third-order valence-corrected chi connectivity index (χ3v) is 4.42. The zero-order valence-corrected chi connectivity index (χ0v) is 13.9. The van der Waals surface area contributed by atoms with Crippen LogP contribution in [0.4, 0.5) is 20.6 Å². The molecule has 25 heavy (non-hydrogen) atoms. The highest BCUT2D eigenvalue weighted by Crippen LogP contribution is 2.23. The monoisotopic (exact) mass is 338 g/mol. The molecule has 0 saturated carbocycles. The molecule has 0 radical (unpaired) electrons. The average Bonchev–Trinajstić information content (AvgIpc) is 3.05. The van der Waals surface area contributed by atoms with Crippen LogP contribution in [0.3, 0.4) is 0 Å². The molecule has 0 spiro atoms. The Morgan fingerprint density at radius 2 is 2.08 bits per heavy atom. The van der Waals surface area contributed by atoms with Gasteiger partial charge in [-0.3, -0.25) is 0 Å². The second-order valence-electron chi connectivity index (χ2n) is 6.07. The van der Waals surface area contributed by atoms with Crippen LogP contribution in [-0.4, -0.2) is 25.2 Å². The number of halogens is 1. The van der Waals surface area contributed by atoms with Gasteiger partial charge in [0.05, 0.1) is 17.3 Å². The fourth-order valence-electron chi connectivity index (χ4n) is 3.04. The van der Waals surface area contributed by atoms with Crippen molar-refractivity contribution in [2.75, 3.05) is 23.3 Å². The third-order valence-electron chi connectivity index (χ3n) is 4.42. The molecule has 0 bridgehead atoms. The van der Waals surface area contributed by atoms with Crippen molar-refractivity contribution in [3.63, 3.8) is 0 Å². The number of hydrogen-bond donors (Lipinski definition) is 2. The highest BCUT2D eigenvalue weighted by Gasteiger charge is 2.25. The molecular formula is C19H19FN4O. The Bertz CT molecular complexity index is 830. The van der Waals surface area contributed by atoms with Gasteiger partial charge in [-0.1, -0.05) is 18.2 Å². The molecule has 1 saturated heterocycles. The quantitative estimate of drug-likeness (QED) is 0.901. The first-order valence-electron chi connectivity index (χ1n) is 8.15. The van der Waals surface area contributed by atoms with Crippen LogP contribution in [0.1, 0.15) is 17.5 Å². The van der Waals surface area contributed by atoms with Gasteiger partial charge in [0.2, 0.25) is 0 Å². The predicted molar refractivity (Wildman–Crippen MR) is 95.1 cm³/mol. The summed E-state index contributed by atoms with van der Waals surface area (Å²) in [5.74, 6) is -0.253. The molecule has 128 valence electrons. The summed E-state index contributed by atoms with van der Waals surface area (Å²) in [6.07, 6.45) is 0.749. The molecule has 2 amide bonds. The van der Waals surface area contributed by atoms with Gasteiger partial charge >= 0.3 is 6.03 Å². The van der Waals surface area contributed by atoms with Crippen LogP contribution in [0.15, 0.2) is 42.5 Å². The van der Waals surface area contributed by atoms with Gasteiger partial charge in [-0.25, -0.2) is 9.18 Å². The summed E-state index contributed by atoms with van der Waals surface area (Å²) in [4.78, 5) is 14.2. The lowest BCUT2D eigenvalue weighted by atomic mass is 10.1. The first-order chi connectivity index (χ1) is 12.1. The number of urea groups is 1. The van der Waals surface area contributed by atoms with Gasteiger partial charge in [-0.2, -0.15) is 5.26 Å². The van der Waals surface area contributed by atoms with Crippen molar-refractivity contribution in [3.05, 3.63) is 59.4 Å². The van der Waals surface area contributed by atoms with Gasteiger partial charge < -0.3 is 15.5 Å². The van der Waals surface area contributed by atoms with E-state index >= 15 is 0 Å². The molecule has 2 aromatic rings. The average molecular weight is 338 g/mol. The topological polar surface area (TPSA) is 68.2 Å². The second kappa shape index (κ2) is 7.22. The van der Waals surface area contributed by atoms with E-state index in [1.807, 2.05) is 4.90 Å². The Morgan fingerprint density at radius 3 is 2.84 bits per heavy atom. The van der Waals surface area contributed by atoms with Gasteiger partial charge in [0.25, 0.3) is 0 Å². The van der Waals surface area contributed by atoms with Crippen molar-refractivity contribution in [1.82, 2.24) is 5.32 Å². The number of hydrogen-bond acceptors (Lipinski definition) is 3. The molecular weight excluding hydrogens is 319 g/mol. The van der Waals surface area contributed by atoms with E-state index in [0.717, 1.165) is 12.0 Å². The first kappa shape index (κ1) is 16.8. The van der Waals surface area contributed by atoms with Crippen molar-refractivity contribution >= 4 is 17.4 Å². The summed E-state index contributed by atoms with van der Waals surface area (Å²) in [5.41, 5.74) is 2.44. The van der Waals surface area contributed by atoms with E-state index in [2.05, 4.69) is 16.7 Å². The number of para-hydroxylation sites is 1. The second-order valence-corrected chi connectivity index (χ2v) is 6.07. The predicted octanol–water partition coefficient (Wildman–Crippen LogP) is 3.41. The molecule has 0 aliphatic carbocycles. The number of carbonyl (C=O) groups is 1. The largest absolute Gasteiger partial charge is 0.367 e. The molecule has 2 N–H and O–H groups in total. The van der Waals surface area contributed by atoms with E-state index in [9.17, 15) is 9.18 Å². The van der Waals surface area contributed by atoms with Crippen molar-refractivity contribution in [1.29, 1.82) is 5.26 Å². The maximum absolute atomic E-state index is 13.9. The van der Waals surface area contributed by atoms with Crippen molar-refractivity contribution in [3.8, 4) is 6.07 Å². The Kier molecular flexibility index (Phi) is 4.85. The minimum atomic E-state index is -0.321. The lowest BCUT2D eigenvalue weighted by Crippen LogP contribution is -2.40. The van der Waals surface area contributed by atoms with E-state index < -0.39 is 0 Å². The Morgan fingerprint density at radius 1 is 1.28 bits per heavy atom. The molecule has 2 aromatic carbocycles. The number of amides is 2. The highest BCUT2D eigenvalue weighted by molar-refractivity contribution is 5.90. The van der Waals surface area contributed by atoms with Crippen LogP contribution in [0.5, 0.6) is 0 Å². The fraction of sp³-hybridized carbons (Fsp3) is 0.263. The van der Waals surface area contributed by atoms with E-state index in [0.29, 0.717) is 30.0 Å². The SMILES string of the molecule is Cc1c(C#N)cccc1NC(=O)NC1CCN(c2ccccc2F)C1. The van der Waals surface area contributed by atoms with Crippen LogP contribution in [0, 0.1) is 24.1 Å².